The molecule has 0 bridgehead atoms. The highest BCUT2D eigenvalue weighted by Gasteiger charge is 2.03. The van der Waals surface area contributed by atoms with Crippen LogP contribution in [-0.2, 0) is 6.54 Å². The van der Waals surface area contributed by atoms with E-state index in [1.165, 1.54) is 12.1 Å². The number of benzene rings is 2. The Morgan fingerprint density at radius 3 is 2.33 bits per heavy atom. The maximum atomic E-state index is 13.1. The molecule has 0 aromatic heterocycles. The average Bonchev–Trinajstić information content (AvgIpc) is 2.34. The maximum Gasteiger partial charge on any atom is 0.125 e. The quantitative estimate of drug-likeness (QED) is 0.647. The second-order valence-corrected chi connectivity index (χ2v) is 6.29. The van der Waals surface area contributed by atoms with E-state index in [4.69, 9.17) is 0 Å². The van der Waals surface area contributed by atoms with Crippen molar-refractivity contribution in [3.63, 3.8) is 0 Å². The van der Waals surface area contributed by atoms with Crippen LogP contribution in [0.15, 0.2) is 49.8 Å². The largest absolute Gasteiger partial charge is 0.380 e. The van der Waals surface area contributed by atoms with E-state index in [1.807, 2.05) is 18.2 Å². The van der Waals surface area contributed by atoms with Gasteiger partial charge in [-0.15, -0.1) is 0 Å². The number of hydrogen-bond donors (Lipinski definition) is 1. The predicted octanol–water partition coefficient (Wildman–Crippen LogP) is 5.73. The second-order valence-electron chi connectivity index (χ2n) is 3.73. The Bertz CT molecular complexity index is 572. The summed E-state index contributed by atoms with van der Waals surface area (Å²) in [6.45, 7) is 0.633. The molecule has 0 unspecified atom stereocenters. The summed E-state index contributed by atoms with van der Waals surface area (Å²) in [4.78, 5) is 0. The van der Waals surface area contributed by atoms with Crippen LogP contribution in [0.4, 0.5) is 10.1 Å². The van der Waals surface area contributed by atoms with Crippen molar-refractivity contribution in [2.45, 2.75) is 6.54 Å². The van der Waals surface area contributed by atoms with Gasteiger partial charge in [0.1, 0.15) is 5.82 Å². The zero-order chi connectivity index (χ0) is 13.1. The van der Waals surface area contributed by atoms with Crippen molar-refractivity contribution in [2.75, 3.05) is 5.32 Å². The number of hydrogen-bond acceptors (Lipinski definition) is 1. The summed E-state index contributed by atoms with van der Waals surface area (Å²) < 4.78 is 16.0. The molecule has 0 atom stereocenters. The van der Waals surface area contributed by atoms with E-state index in [0.29, 0.717) is 6.54 Å². The Hall–Kier alpha value is -0.390. The lowest BCUT2D eigenvalue weighted by molar-refractivity contribution is 0.628. The van der Waals surface area contributed by atoms with E-state index in [0.717, 1.165) is 24.7 Å². The van der Waals surface area contributed by atoms with Crippen LogP contribution in [0, 0.1) is 5.82 Å². The summed E-state index contributed by atoms with van der Waals surface area (Å²) in [6.07, 6.45) is 0. The summed E-state index contributed by atoms with van der Waals surface area (Å²) in [7, 11) is 0. The van der Waals surface area contributed by atoms with Crippen LogP contribution in [0.2, 0.25) is 0 Å². The molecule has 0 aliphatic rings. The molecule has 2 rings (SSSR count). The van der Waals surface area contributed by atoms with Crippen molar-refractivity contribution < 1.29 is 4.39 Å². The Balaban J connectivity index is 2.11. The molecule has 0 amide bonds. The Kier molecular flexibility index (Phi) is 4.81. The lowest BCUT2D eigenvalue weighted by Crippen LogP contribution is -2.00. The minimum absolute atomic E-state index is 0.252. The van der Waals surface area contributed by atoms with Crippen molar-refractivity contribution >= 4 is 53.5 Å². The molecule has 1 N–H and O–H groups in total. The molecule has 0 aliphatic carbocycles. The second kappa shape index (κ2) is 6.17. The number of nitrogens with one attached hydrogen (secondary N) is 1. The molecule has 0 saturated heterocycles. The molecule has 0 spiro atoms. The number of rotatable bonds is 3. The van der Waals surface area contributed by atoms with Crippen LogP contribution < -0.4 is 5.32 Å². The van der Waals surface area contributed by atoms with Gasteiger partial charge in [0.2, 0.25) is 0 Å². The molecule has 94 valence electrons. The topological polar surface area (TPSA) is 12.0 Å². The summed E-state index contributed by atoms with van der Waals surface area (Å²) in [5.74, 6) is -0.252. The van der Waals surface area contributed by atoms with Gasteiger partial charge in [-0.25, -0.2) is 4.39 Å². The molecular weight excluding hydrogens is 429 g/mol. The van der Waals surface area contributed by atoms with Gasteiger partial charge in [0.15, 0.2) is 0 Å². The molecular formula is C13H9Br3FN. The first kappa shape index (κ1) is 14.0. The van der Waals surface area contributed by atoms with Gasteiger partial charge in [0.25, 0.3) is 0 Å². The molecule has 0 aliphatic heterocycles. The van der Waals surface area contributed by atoms with E-state index in [-0.39, 0.29) is 5.82 Å². The zero-order valence-corrected chi connectivity index (χ0v) is 13.9. The predicted molar refractivity (Wildman–Crippen MR) is 83.3 cm³/mol. The highest BCUT2D eigenvalue weighted by atomic mass is 79.9. The fourth-order valence-electron chi connectivity index (χ4n) is 1.48. The number of halogens is 4. The maximum absolute atomic E-state index is 13.1. The van der Waals surface area contributed by atoms with E-state index >= 15 is 0 Å². The van der Waals surface area contributed by atoms with Crippen molar-refractivity contribution in [1.29, 1.82) is 0 Å². The molecule has 1 nitrogen and oxygen atoms in total. The van der Waals surface area contributed by atoms with Gasteiger partial charge < -0.3 is 5.32 Å². The van der Waals surface area contributed by atoms with Crippen LogP contribution in [-0.4, -0.2) is 0 Å². The third-order valence-corrected chi connectivity index (χ3v) is 4.97. The molecule has 0 fully saturated rings. The Labute approximate surface area is 130 Å². The standard InChI is InChI=1S/C13H9Br3FN/c14-10-3-1-8(5-12(10)16)7-18-13-6-9(17)2-4-11(13)15/h1-6,18H,7H2. The van der Waals surface area contributed by atoms with Gasteiger partial charge in [-0.1, -0.05) is 6.07 Å². The van der Waals surface area contributed by atoms with Crippen LogP contribution in [0.3, 0.4) is 0 Å². The van der Waals surface area contributed by atoms with Crippen LogP contribution >= 0.6 is 47.8 Å². The highest BCUT2D eigenvalue weighted by Crippen LogP contribution is 2.26. The lowest BCUT2D eigenvalue weighted by Gasteiger charge is -2.09. The molecule has 2 aromatic rings. The Morgan fingerprint density at radius 1 is 0.889 bits per heavy atom. The minimum Gasteiger partial charge on any atom is -0.380 e. The molecule has 5 heteroatoms. The third-order valence-electron chi connectivity index (χ3n) is 2.40. The molecule has 0 saturated carbocycles. The SMILES string of the molecule is Fc1ccc(Br)c(NCc2ccc(Br)c(Br)c2)c1. The molecule has 0 radical (unpaired) electrons. The summed E-state index contributed by atoms with van der Waals surface area (Å²) in [5, 5.41) is 3.19. The zero-order valence-electron chi connectivity index (χ0n) is 9.18. The summed E-state index contributed by atoms with van der Waals surface area (Å²) >= 11 is 10.3. The van der Waals surface area contributed by atoms with E-state index < -0.39 is 0 Å². The Morgan fingerprint density at radius 2 is 1.61 bits per heavy atom. The van der Waals surface area contributed by atoms with E-state index in [2.05, 4.69) is 53.1 Å². The van der Waals surface area contributed by atoms with E-state index in [1.54, 1.807) is 6.07 Å². The average molecular weight is 438 g/mol. The van der Waals surface area contributed by atoms with Crippen molar-refractivity contribution in [3.8, 4) is 0 Å². The first-order valence-corrected chi connectivity index (χ1v) is 7.57. The minimum atomic E-state index is -0.252. The normalized spacial score (nSPS) is 10.4. The molecule has 18 heavy (non-hydrogen) atoms. The van der Waals surface area contributed by atoms with Crippen LogP contribution in [0.5, 0.6) is 0 Å². The van der Waals surface area contributed by atoms with Crippen LogP contribution in [0.1, 0.15) is 5.56 Å². The van der Waals surface area contributed by atoms with Crippen molar-refractivity contribution in [2.24, 2.45) is 0 Å². The summed E-state index contributed by atoms with van der Waals surface area (Å²) in [6, 6.07) is 10.6. The van der Waals surface area contributed by atoms with Gasteiger partial charge in [0, 0.05) is 20.0 Å². The van der Waals surface area contributed by atoms with Gasteiger partial charge in [0.05, 0.1) is 5.69 Å². The van der Waals surface area contributed by atoms with Crippen molar-refractivity contribution in [3.05, 3.63) is 61.2 Å². The molecule has 0 heterocycles. The van der Waals surface area contributed by atoms with Gasteiger partial charge in [-0.2, -0.15) is 0 Å². The van der Waals surface area contributed by atoms with Gasteiger partial charge in [-0.05, 0) is 83.7 Å². The molecule has 2 aromatic carbocycles. The first-order valence-electron chi connectivity index (χ1n) is 5.19. The highest BCUT2D eigenvalue weighted by molar-refractivity contribution is 9.13. The first-order chi connectivity index (χ1) is 8.56. The van der Waals surface area contributed by atoms with Crippen molar-refractivity contribution in [1.82, 2.24) is 0 Å². The monoisotopic (exact) mass is 435 g/mol. The number of anilines is 1. The summed E-state index contributed by atoms with van der Waals surface area (Å²) in [5.41, 5.74) is 1.86. The third kappa shape index (κ3) is 3.56. The smallest absolute Gasteiger partial charge is 0.125 e. The van der Waals surface area contributed by atoms with Gasteiger partial charge >= 0.3 is 0 Å². The van der Waals surface area contributed by atoms with Crippen LogP contribution in [0.25, 0.3) is 0 Å². The fraction of sp³-hybridized carbons (Fsp3) is 0.0769. The van der Waals surface area contributed by atoms with Gasteiger partial charge in [-0.3, -0.25) is 0 Å². The fourth-order valence-corrected chi connectivity index (χ4v) is 2.54. The van der Waals surface area contributed by atoms with E-state index in [9.17, 15) is 4.39 Å². The lowest BCUT2D eigenvalue weighted by atomic mass is 10.2.